The van der Waals surface area contributed by atoms with Gasteiger partial charge in [0.2, 0.25) is 0 Å². The predicted molar refractivity (Wildman–Crippen MR) is 86.9 cm³/mol. The second-order valence-electron chi connectivity index (χ2n) is 5.72. The number of benzene rings is 1. The summed E-state index contributed by atoms with van der Waals surface area (Å²) in [5, 5.41) is 14.0. The molecule has 5 nitrogen and oxygen atoms in total. The van der Waals surface area contributed by atoms with Gasteiger partial charge in [-0.1, -0.05) is 31.4 Å². The Kier molecular flexibility index (Phi) is 4.80. The summed E-state index contributed by atoms with van der Waals surface area (Å²) in [7, 11) is 0. The first-order valence-corrected chi connectivity index (χ1v) is 7.88. The number of amides is 1. The van der Waals surface area contributed by atoms with Crippen LogP contribution in [-0.2, 0) is 0 Å². The maximum Gasteiger partial charge on any atom is 0.259 e. The molecule has 0 unspecified atom stereocenters. The van der Waals surface area contributed by atoms with E-state index < -0.39 is 11.7 Å². The van der Waals surface area contributed by atoms with Crippen LogP contribution in [0.25, 0.3) is 0 Å². The van der Waals surface area contributed by atoms with Gasteiger partial charge in [-0.2, -0.15) is 0 Å². The van der Waals surface area contributed by atoms with Crippen molar-refractivity contribution in [1.82, 2.24) is 10.2 Å². The van der Waals surface area contributed by atoms with Crippen molar-refractivity contribution in [2.24, 2.45) is 0 Å². The molecule has 1 heterocycles. The molecule has 1 amide bonds. The molecule has 120 valence electrons. The van der Waals surface area contributed by atoms with Crippen LogP contribution < -0.4 is 10.6 Å². The number of aromatic nitrogens is 2. The van der Waals surface area contributed by atoms with E-state index in [0.717, 1.165) is 12.8 Å². The molecule has 2 N–H and O–H groups in total. The molecule has 1 saturated carbocycles. The highest BCUT2D eigenvalue weighted by molar-refractivity contribution is 6.03. The zero-order chi connectivity index (χ0) is 16.1. The van der Waals surface area contributed by atoms with Crippen LogP contribution in [0.15, 0.2) is 36.4 Å². The normalized spacial score (nSPS) is 15.2. The minimum atomic E-state index is -0.562. The van der Waals surface area contributed by atoms with Crippen molar-refractivity contribution < 1.29 is 9.18 Å². The molecule has 1 aromatic heterocycles. The highest BCUT2D eigenvalue weighted by Gasteiger charge is 2.14. The third-order valence-electron chi connectivity index (χ3n) is 3.98. The number of rotatable bonds is 4. The first-order chi connectivity index (χ1) is 11.2. The summed E-state index contributed by atoms with van der Waals surface area (Å²) in [4.78, 5) is 12.0. The molecule has 1 aromatic carbocycles. The molecular formula is C17H19FN4O. The Balaban J connectivity index is 1.61. The van der Waals surface area contributed by atoms with Gasteiger partial charge in [-0.3, -0.25) is 4.79 Å². The summed E-state index contributed by atoms with van der Waals surface area (Å²) in [6, 6.07) is 9.71. The molecule has 2 aromatic rings. The van der Waals surface area contributed by atoms with Crippen LogP contribution in [0.1, 0.15) is 42.5 Å². The maximum absolute atomic E-state index is 13.6. The average Bonchev–Trinajstić information content (AvgIpc) is 2.58. The van der Waals surface area contributed by atoms with Crippen LogP contribution >= 0.6 is 0 Å². The van der Waals surface area contributed by atoms with E-state index in [0.29, 0.717) is 17.7 Å². The molecule has 0 radical (unpaired) electrons. The summed E-state index contributed by atoms with van der Waals surface area (Å²) in [6.45, 7) is 0. The lowest BCUT2D eigenvalue weighted by atomic mass is 9.95. The predicted octanol–water partition coefficient (Wildman–Crippen LogP) is 3.61. The molecule has 6 heteroatoms. The van der Waals surface area contributed by atoms with Crippen molar-refractivity contribution >= 4 is 17.5 Å². The molecule has 1 aliphatic rings. The molecule has 23 heavy (non-hydrogen) atoms. The van der Waals surface area contributed by atoms with Gasteiger partial charge in [0.15, 0.2) is 5.82 Å². The quantitative estimate of drug-likeness (QED) is 0.904. The molecule has 0 atom stereocenters. The van der Waals surface area contributed by atoms with Gasteiger partial charge < -0.3 is 10.6 Å². The number of anilines is 2. The first kappa shape index (κ1) is 15.4. The molecule has 3 rings (SSSR count). The molecule has 0 saturated heterocycles. The Hall–Kier alpha value is -2.50. The smallest absolute Gasteiger partial charge is 0.259 e. The zero-order valence-electron chi connectivity index (χ0n) is 12.8. The molecule has 0 spiro atoms. The Morgan fingerprint density at radius 2 is 1.70 bits per heavy atom. The van der Waals surface area contributed by atoms with E-state index >= 15 is 0 Å². The average molecular weight is 314 g/mol. The van der Waals surface area contributed by atoms with Crippen LogP contribution in [0, 0.1) is 5.82 Å². The van der Waals surface area contributed by atoms with Crippen LogP contribution in [0.3, 0.4) is 0 Å². The lowest BCUT2D eigenvalue weighted by Crippen LogP contribution is -2.23. The minimum Gasteiger partial charge on any atom is -0.366 e. The van der Waals surface area contributed by atoms with Gasteiger partial charge in [-0.25, -0.2) is 4.39 Å². The number of carbonyl (C=O) groups excluding carboxylic acids is 1. The number of nitrogens with one attached hydrogen (secondary N) is 2. The van der Waals surface area contributed by atoms with Gasteiger partial charge in [0.25, 0.3) is 5.91 Å². The topological polar surface area (TPSA) is 66.9 Å². The van der Waals surface area contributed by atoms with E-state index in [1.54, 1.807) is 18.2 Å². The van der Waals surface area contributed by atoms with E-state index in [-0.39, 0.29) is 5.56 Å². The first-order valence-electron chi connectivity index (χ1n) is 7.88. The summed E-state index contributed by atoms with van der Waals surface area (Å²) >= 11 is 0. The van der Waals surface area contributed by atoms with Crippen LogP contribution in [0.2, 0.25) is 0 Å². The molecule has 1 fully saturated rings. The van der Waals surface area contributed by atoms with Crippen LogP contribution in [0.4, 0.5) is 16.0 Å². The van der Waals surface area contributed by atoms with E-state index in [2.05, 4.69) is 20.8 Å². The Bertz CT molecular complexity index is 669. The lowest BCUT2D eigenvalue weighted by molar-refractivity contribution is 0.102. The Morgan fingerprint density at radius 1 is 1.00 bits per heavy atom. The Labute approximate surface area is 134 Å². The summed E-state index contributed by atoms with van der Waals surface area (Å²) in [5.41, 5.74) is -0.0151. The maximum atomic E-state index is 13.6. The van der Waals surface area contributed by atoms with Crippen molar-refractivity contribution in [2.75, 3.05) is 10.6 Å². The number of nitrogens with zero attached hydrogens (tertiary/aromatic N) is 2. The second-order valence-corrected chi connectivity index (χ2v) is 5.72. The molecular weight excluding hydrogens is 295 g/mol. The van der Waals surface area contributed by atoms with Gasteiger partial charge in [0, 0.05) is 6.04 Å². The zero-order valence-corrected chi connectivity index (χ0v) is 12.8. The van der Waals surface area contributed by atoms with Gasteiger partial charge in [-0.15, -0.1) is 10.2 Å². The van der Waals surface area contributed by atoms with Crippen LogP contribution in [0.5, 0.6) is 0 Å². The number of hydrogen-bond acceptors (Lipinski definition) is 4. The monoisotopic (exact) mass is 314 g/mol. The van der Waals surface area contributed by atoms with Gasteiger partial charge in [0.1, 0.15) is 11.6 Å². The van der Waals surface area contributed by atoms with Crippen molar-refractivity contribution in [2.45, 2.75) is 38.1 Å². The van der Waals surface area contributed by atoms with Crippen molar-refractivity contribution in [3.05, 3.63) is 47.8 Å². The molecule has 0 aliphatic heterocycles. The lowest BCUT2D eigenvalue weighted by Gasteiger charge is -2.22. The fourth-order valence-corrected chi connectivity index (χ4v) is 2.76. The van der Waals surface area contributed by atoms with Crippen molar-refractivity contribution in [3.63, 3.8) is 0 Å². The van der Waals surface area contributed by atoms with E-state index in [1.807, 2.05) is 0 Å². The minimum absolute atomic E-state index is 0.0151. The van der Waals surface area contributed by atoms with Crippen LogP contribution in [-0.4, -0.2) is 22.1 Å². The summed E-state index contributed by atoms with van der Waals surface area (Å²) in [6.07, 6.45) is 6.07. The fourth-order valence-electron chi connectivity index (χ4n) is 2.76. The Morgan fingerprint density at radius 3 is 2.39 bits per heavy atom. The molecule has 0 bridgehead atoms. The summed E-state index contributed by atoms with van der Waals surface area (Å²) < 4.78 is 13.6. The van der Waals surface area contributed by atoms with Gasteiger partial charge >= 0.3 is 0 Å². The van der Waals surface area contributed by atoms with Gasteiger partial charge in [0.05, 0.1) is 5.56 Å². The highest BCUT2D eigenvalue weighted by Crippen LogP contribution is 2.20. The van der Waals surface area contributed by atoms with E-state index in [9.17, 15) is 9.18 Å². The fraction of sp³-hybridized carbons (Fsp3) is 0.353. The van der Waals surface area contributed by atoms with Crippen molar-refractivity contribution in [3.8, 4) is 0 Å². The van der Waals surface area contributed by atoms with E-state index in [4.69, 9.17) is 0 Å². The third kappa shape index (κ3) is 4.03. The number of carbonyl (C=O) groups is 1. The second kappa shape index (κ2) is 7.17. The highest BCUT2D eigenvalue weighted by atomic mass is 19.1. The van der Waals surface area contributed by atoms with E-state index in [1.165, 1.54) is 37.5 Å². The van der Waals surface area contributed by atoms with Crippen molar-refractivity contribution in [1.29, 1.82) is 0 Å². The van der Waals surface area contributed by atoms with Gasteiger partial charge in [-0.05, 0) is 37.1 Å². The SMILES string of the molecule is O=C(Nc1ccc(NC2CCCCC2)nn1)c1ccccc1F. The third-order valence-corrected chi connectivity index (χ3v) is 3.98. The number of hydrogen-bond donors (Lipinski definition) is 2. The number of halogens is 1. The molecule has 1 aliphatic carbocycles. The standard InChI is InChI=1S/C17H19FN4O/c18-14-9-5-4-8-13(14)17(23)20-16-11-10-15(21-22-16)19-12-6-2-1-3-7-12/h4-5,8-12H,1-3,6-7H2,(H,19,21)(H,20,22,23). The largest absolute Gasteiger partial charge is 0.366 e. The summed E-state index contributed by atoms with van der Waals surface area (Å²) in [5.74, 6) is -0.104.